The minimum Gasteiger partial charge on any atom is -0.351 e. The Morgan fingerprint density at radius 3 is 2.73 bits per heavy atom. The standard InChI is InChI=1S/C29H34ClNOS/c1-18(2)20-11-10-19-12-13-24-28(3,14-7-15-29(24,4)22(19)16-20)17-31-27(32)26-25(30)21-8-5-6-9-23(21)33-26/h5-6,8-11,16,18,24H,7,12-15,17H2,1-4H3,(H,31,32)/t24-,28+,29-/m0/s1. The van der Waals surface area contributed by atoms with Gasteiger partial charge in [0.25, 0.3) is 5.91 Å². The molecule has 1 aromatic heterocycles. The molecule has 2 aromatic carbocycles. The van der Waals surface area contributed by atoms with Crippen LogP contribution in [0.1, 0.15) is 85.7 Å². The second kappa shape index (κ2) is 8.43. The number of hydrogen-bond acceptors (Lipinski definition) is 2. The summed E-state index contributed by atoms with van der Waals surface area (Å²) in [5, 5.41) is 4.85. The van der Waals surface area contributed by atoms with Crippen LogP contribution in [0.15, 0.2) is 42.5 Å². The third-order valence-electron chi connectivity index (χ3n) is 8.57. The van der Waals surface area contributed by atoms with Crippen LogP contribution >= 0.6 is 22.9 Å². The molecule has 1 N–H and O–H groups in total. The lowest BCUT2D eigenvalue weighted by atomic mass is 9.49. The fourth-order valence-electron chi connectivity index (χ4n) is 6.70. The van der Waals surface area contributed by atoms with Gasteiger partial charge in [-0.25, -0.2) is 0 Å². The Labute approximate surface area is 206 Å². The molecule has 174 valence electrons. The summed E-state index contributed by atoms with van der Waals surface area (Å²) >= 11 is 8.08. The van der Waals surface area contributed by atoms with Gasteiger partial charge in [-0.1, -0.05) is 82.1 Å². The Hall–Kier alpha value is -1.84. The van der Waals surface area contributed by atoms with Crippen LogP contribution in [0.3, 0.4) is 0 Å². The third kappa shape index (κ3) is 3.82. The number of hydrogen-bond donors (Lipinski definition) is 1. The van der Waals surface area contributed by atoms with E-state index in [0.29, 0.717) is 28.3 Å². The summed E-state index contributed by atoms with van der Waals surface area (Å²) in [4.78, 5) is 13.8. The average Bonchev–Trinajstić information content (AvgIpc) is 3.14. The maximum absolute atomic E-state index is 13.2. The number of thiophene rings is 1. The first-order valence-corrected chi connectivity index (χ1v) is 13.5. The van der Waals surface area contributed by atoms with Gasteiger partial charge in [-0.2, -0.15) is 0 Å². The predicted molar refractivity (Wildman–Crippen MR) is 141 cm³/mol. The van der Waals surface area contributed by atoms with E-state index in [4.69, 9.17) is 11.6 Å². The van der Waals surface area contributed by atoms with E-state index < -0.39 is 0 Å². The van der Waals surface area contributed by atoms with Gasteiger partial charge < -0.3 is 5.32 Å². The number of benzene rings is 2. The smallest absolute Gasteiger partial charge is 0.262 e. The average molecular weight is 480 g/mol. The van der Waals surface area contributed by atoms with Gasteiger partial charge in [0, 0.05) is 16.6 Å². The summed E-state index contributed by atoms with van der Waals surface area (Å²) in [6.07, 6.45) is 5.93. The molecule has 0 spiro atoms. The van der Waals surface area contributed by atoms with E-state index in [-0.39, 0.29) is 16.7 Å². The number of carbonyl (C=O) groups excluding carboxylic acids is 1. The highest BCUT2D eigenvalue weighted by atomic mass is 35.5. The largest absolute Gasteiger partial charge is 0.351 e. The lowest BCUT2D eigenvalue weighted by Crippen LogP contribution is -2.53. The highest BCUT2D eigenvalue weighted by Gasteiger charge is 2.51. The third-order valence-corrected chi connectivity index (χ3v) is 10.2. The van der Waals surface area contributed by atoms with Gasteiger partial charge in [-0.15, -0.1) is 11.3 Å². The molecule has 5 rings (SSSR count). The quantitative estimate of drug-likeness (QED) is 0.402. The molecule has 0 aliphatic heterocycles. The van der Waals surface area contributed by atoms with Crippen LogP contribution in [0.5, 0.6) is 0 Å². The van der Waals surface area contributed by atoms with Gasteiger partial charge in [0.1, 0.15) is 4.88 Å². The van der Waals surface area contributed by atoms with Gasteiger partial charge in [0.15, 0.2) is 0 Å². The molecule has 2 aliphatic carbocycles. The number of nitrogens with one attached hydrogen (secondary N) is 1. The molecule has 1 saturated carbocycles. The van der Waals surface area contributed by atoms with Crippen LogP contribution in [-0.4, -0.2) is 12.5 Å². The summed E-state index contributed by atoms with van der Waals surface area (Å²) in [6, 6.07) is 15.2. The first kappa shape index (κ1) is 22.9. The first-order chi connectivity index (χ1) is 15.7. The summed E-state index contributed by atoms with van der Waals surface area (Å²) < 4.78 is 1.06. The van der Waals surface area contributed by atoms with Gasteiger partial charge >= 0.3 is 0 Å². The molecule has 0 bridgehead atoms. The Kier molecular flexibility index (Phi) is 5.86. The van der Waals surface area contributed by atoms with Crippen molar-refractivity contribution in [3.05, 3.63) is 69.1 Å². The minimum atomic E-state index is -0.0343. The van der Waals surface area contributed by atoms with E-state index in [1.807, 2.05) is 24.3 Å². The lowest BCUT2D eigenvalue weighted by molar-refractivity contribution is 0.0254. The zero-order valence-corrected chi connectivity index (χ0v) is 21.7. The lowest BCUT2D eigenvalue weighted by Gasteiger charge is -2.55. The summed E-state index contributed by atoms with van der Waals surface area (Å²) in [6.45, 7) is 10.2. The van der Waals surface area contributed by atoms with Crippen molar-refractivity contribution in [1.29, 1.82) is 0 Å². The topological polar surface area (TPSA) is 29.1 Å². The van der Waals surface area contributed by atoms with E-state index in [1.54, 1.807) is 5.56 Å². The van der Waals surface area contributed by atoms with Crippen LogP contribution in [0, 0.1) is 11.3 Å². The van der Waals surface area contributed by atoms with Crippen molar-refractivity contribution in [3.63, 3.8) is 0 Å². The number of carbonyl (C=O) groups is 1. The molecular weight excluding hydrogens is 446 g/mol. The molecular formula is C29H34ClNOS. The van der Waals surface area contributed by atoms with Gasteiger partial charge in [0.05, 0.1) is 5.02 Å². The SMILES string of the molecule is CC(C)c1ccc2c(c1)[C@]1(C)CCC[C@](C)(CNC(=O)c3sc4ccccc4c3Cl)[C@@H]1CC2. The number of fused-ring (bicyclic) bond motifs is 4. The minimum absolute atomic E-state index is 0.0343. The number of amides is 1. The molecule has 0 radical (unpaired) electrons. The van der Waals surface area contributed by atoms with Crippen molar-refractivity contribution < 1.29 is 4.79 Å². The maximum atomic E-state index is 13.2. The molecule has 4 heteroatoms. The predicted octanol–water partition coefficient (Wildman–Crippen LogP) is 8.12. The van der Waals surface area contributed by atoms with Crippen molar-refractivity contribution >= 4 is 38.9 Å². The van der Waals surface area contributed by atoms with E-state index in [9.17, 15) is 4.79 Å². The van der Waals surface area contributed by atoms with Crippen LogP contribution in [0.4, 0.5) is 0 Å². The monoisotopic (exact) mass is 479 g/mol. The van der Waals surface area contributed by atoms with Crippen molar-refractivity contribution in [3.8, 4) is 0 Å². The zero-order chi connectivity index (χ0) is 23.4. The van der Waals surface area contributed by atoms with E-state index in [1.165, 1.54) is 41.7 Å². The van der Waals surface area contributed by atoms with Gasteiger partial charge in [0.2, 0.25) is 0 Å². The molecule has 1 amide bonds. The molecule has 33 heavy (non-hydrogen) atoms. The Morgan fingerprint density at radius 1 is 1.18 bits per heavy atom. The summed E-state index contributed by atoms with van der Waals surface area (Å²) in [7, 11) is 0. The molecule has 1 heterocycles. The normalized spacial score (nSPS) is 26.8. The van der Waals surface area contributed by atoms with Gasteiger partial charge in [-0.3, -0.25) is 4.79 Å². The van der Waals surface area contributed by atoms with Crippen LogP contribution < -0.4 is 5.32 Å². The number of rotatable bonds is 4. The fourth-order valence-corrected chi connectivity index (χ4v) is 8.14. The molecule has 3 aromatic rings. The van der Waals surface area contributed by atoms with E-state index in [0.717, 1.165) is 22.9 Å². The van der Waals surface area contributed by atoms with Crippen LogP contribution in [-0.2, 0) is 11.8 Å². The molecule has 3 atom stereocenters. The number of aryl methyl sites for hydroxylation is 1. The molecule has 0 unspecified atom stereocenters. The Morgan fingerprint density at radius 2 is 1.97 bits per heavy atom. The Balaban J connectivity index is 1.40. The van der Waals surface area contributed by atoms with Crippen LogP contribution in [0.2, 0.25) is 5.02 Å². The van der Waals surface area contributed by atoms with E-state index in [2.05, 4.69) is 51.2 Å². The van der Waals surface area contributed by atoms with Crippen molar-refractivity contribution in [2.75, 3.05) is 6.54 Å². The summed E-state index contributed by atoms with van der Waals surface area (Å²) in [5.74, 6) is 1.07. The van der Waals surface area contributed by atoms with Crippen molar-refractivity contribution in [2.45, 2.75) is 71.1 Å². The maximum Gasteiger partial charge on any atom is 0.262 e. The second-order valence-corrected chi connectivity index (χ2v) is 12.4. The number of halogens is 1. The molecule has 0 saturated heterocycles. The fraction of sp³-hybridized carbons (Fsp3) is 0.483. The molecule has 1 fully saturated rings. The van der Waals surface area contributed by atoms with Crippen molar-refractivity contribution in [2.24, 2.45) is 11.3 Å². The summed E-state index contributed by atoms with van der Waals surface area (Å²) in [5.41, 5.74) is 4.79. The highest BCUT2D eigenvalue weighted by molar-refractivity contribution is 7.21. The second-order valence-electron chi connectivity index (χ2n) is 11.0. The van der Waals surface area contributed by atoms with Crippen LogP contribution in [0.25, 0.3) is 10.1 Å². The first-order valence-electron chi connectivity index (χ1n) is 12.3. The van der Waals surface area contributed by atoms with E-state index >= 15 is 0 Å². The zero-order valence-electron chi connectivity index (χ0n) is 20.1. The highest BCUT2D eigenvalue weighted by Crippen LogP contribution is 2.57. The molecule has 2 aliphatic rings. The molecule has 2 nitrogen and oxygen atoms in total. The Bertz CT molecular complexity index is 1210. The van der Waals surface area contributed by atoms with Crippen molar-refractivity contribution in [1.82, 2.24) is 5.32 Å². The van der Waals surface area contributed by atoms with Gasteiger partial charge in [-0.05, 0) is 71.1 Å².